The summed E-state index contributed by atoms with van der Waals surface area (Å²) in [6, 6.07) is 12.9. The van der Waals surface area contributed by atoms with Crippen LogP contribution in [0, 0.1) is 11.7 Å². The molecule has 2 aromatic carbocycles. The Labute approximate surface area is 133 Å². The maximum absolute atomic E-state index is 13.9. The van der Waals surface area contributed by atoms with Crippen LogP contribution < -0.4 is 0 Å². The Morgan fingerprint density at radius 3 is 2.35 bits per heavy atom. The van der Waals surface area contributed by atoms with Crippen LogP contribution in [0.1, 0.15) is 35.9 Å². The number of alkyl halides is 1. The zero-order valence-electron chi connectivity index (χ0n) is 11.5. The van der Waals surface area contributed by atoms with Crippen molar-refractivity contribution in [3.63, 3.8) is 0 Å². The minimum Gasteiger partial charge on any atom is -0.207 e. The van der Waals surface area contributed by atoms with Crippen molar-refractivity contribution in [2.75, 3.05) is 0 Å². The van der Waals surface area contributed by atoms with E-state index in [1.165, 1.54) is 11.6 Å². The maximum Gasteiger partial charge on any atom is 0.128 e. The molecule has 0 amide bonds. The molecule has 0 saturated carbocycles. The van der Waals surface area contributed by atoms with Gasteiger partial charge in [0.2, 0.25) is 0 Å². The van der Waals surface area contributed by atoms with Gasteiger partial charge in [0.1, 0.15) is 5.82 Å². The van der Waals surface area contributed by atoms with Gasteiger partial charge in [-0.1, -0.05) is 54.0 Å². The summed E-state index contributed by atoms with van der Waals surface area (Å²) in [4.78, 5) is 0. The van der Waals surface area contributed by atoms with Gasteiger partial charge in [-0.2, -0.15) is 0 Å². The predicted molar refractivity (Wildman–Crippen MR) is 86.8 cm³/mol. The van der Waals surface area contributed by atoms with Crippen molar-refractivity contribution in [2.24, 2.45) is 5.92 Å². The first kappa shape index (κ1) is 15.5. The third kappa shape index (κ3) is 3.83. The van der Waals surface area contributed by atoms with Crippen LogP contribution in [-0.4, -0.2) is 0 Å². The van der Waals surface area contributed by atoms with Crippen LogP contribution in [0.25, 0.3) is 0 Å². The summed E-state index contributed by atoms with van der Waals surface area (Å²) in [7, 11) is 0. The minimum atomic E-state index is -0.472. The first-order chi connectivity index (χ1) is 9.47. The van der Waals surface area contributed by atoms with Gasteiger partial charge in [-0.05, 0) is 41.7 Å². The molecule has 0 aliphatic heterocycles. The van der Waals surface area contributed by atoms with Gasteiger partial charge in [0.05, 0.1) is 5.38 Å². The Balaban J connectivity index is 2.24. The zero-order chi connectivity index (χ0) is 14.7. The summed E-state index contributed by atoms with van der Waals surface area (Å²) in [5, 5.41) is -0.472. The summed E-state index contributed by atoms with van der Waals surface area (Å²) < 4.78 is 14.7. The van der Waals surface area contributed by atoms with E-state index in [1.807, 2.05) is 12.1 Å². The fourth-order valence-corrected chi connectivity index (χ4v) is 2.87. The highest BCUT2D eigenvalue weighted by Crippen LogP contribution is 2.32. The van der Waals surface area contributed by atoms with E-state index >= 15 is 0 Å². The molecule has 1 atom stereocenters. The highest BCUT2D eigenvalue weighted by atomic mass is 79.9. The predicted octanol–water partition coefficient (Wildman–Crippen LogP) is 6.11. The molecular formula is C17H17BrClF. The third-order valence-electron chi connectivity index (χ3n) is 3.15. The smallest absolute Gasteiger partial charge is 0.128 e. The number of hydrogen-bond acceptors (Lipinski definition) is 0. The average Bonchev–Trinajstić information content (AvgIpc) is 2.41. The van der Waals surface area contributed by atoms with E-state index in [-0.39, 0.29) is 5.82 Å². The van der Waals surface area contributed by atoms with Gasteiger partial charge in [-0.25, -0.2) is 4.39 Å². The Morgan fingerprint density at radius 2 is 1.75 bits per heavy atom. The van der Waals surface area contributed by atoms with Gasteiger partial charge in [-0.3, -0.25) is 0 Å². The Kier molecular flexibility index (Phi) is 5.22. The van der Waals surface area contributed by atoms with Crippen molar-refractivity contribution in [3.8, 4) is 0 Å². The molecule has 0 N–H and O–H groups in total. The topological polar surface area (TPSA) is 0 Å². The molecule has 0 radical (unpaired) electrons. The first-order valence-corrected chi connectivity index (χ1v) is 7.88. The van der Waals surface area contributed by atoms with E-state index < -0.39 is 5.38 Å². The molecule has 20 heavy (non-hydrogen) atoms. The number of benzene rings is 2. The standard InChI is InChI=1S/C17H17BrClF/c1-11(2)9-12-3-5-13(6-4-12)17(19)15-10-14(18)7-8-16(15)20/h3-8,10-11,17H,9H2,1-2H3. The van der Waals surface area contributed by atoms with Crippen LogP contribution in [0.3, 0.4) is 0 Å². The van der Waals surface area contributed by atoms with Gasteiger partial charge in [0.15, 0.2) is 0 Å². The molecule has 1 unspecified atom stereocenters. The van der Waals surface area contributed by atoms with Crippen LogP contribution >= 0.6 is 27.5 Å². The Bertz CT molecular complexity index is 578. The molecule has 0 spiro atoms. The Morgan fingerprint density at radius 1 is 1.10 bits per heavy atom. The summed E-state index contributed by atoms with van der Waals surface area (Å²) >= 11 is 9.76. The van der Waals surface area contributed by atoms with Gasteiger partial charge in [0.25, 0.3) is 0 Å². The SMILES string of the molecule is CC(C)Cc1ccc(C(Cl)c2cc(Br)ccc2F)cc1. The van der Waals surface area contributed by atoms with Gasteiger partial charge < -0.3 is 0 Å². The van der Waals surface area contributed by atoms with Gasteiger partial charge >= 0.3 is 0 Å². The molecule has 0 fully saturated rings. The van der Waals surface area contributed by atoms with Crippen LogP contribution in [0.5, 0.6) is 0 Å². The third-order valence-corrected chi connectivity index (χ3v) is 4.13. The van der Waals surface area contributed by atoms with Crippen LogP contribution in [0.2, 0.25) is 0 Å². The molecule has 0 saturated heterocycles. The van der Waals surface area contributed by atoms with Crippen molar-refractivity contribution in [1.29, 1.82) is 0 Å². The van der Waals surface area contributed by atoms with E-state index in [1.54, 1.807) is 12.1 Å². The number of halogens is 3. The van der Waals surface area contributed by atoms with Crippen molar-refractivity contribution >= 4 is 27.5 Å². The van der Waals surface area contributed by atoms with Crippen molar-refractivity contribution in [2.45, 2.75) is 25.6 Å². The molecule has 106 valence electrons. The molecule has 2 aromatic rings. The maximum atomic E-state index is 13.9. The van der Waals surface area contributed by atoms with Crippen molar-refractivity contribution < 1.29 is 4.39 Å². The summed E-state index contributed by atoms with van der Waals surface area (Å²) in [5.41, 5.74) is 2.69. The van der Waals surface area contributed by atoms with Gasteiger partial charge in [-0.15, -0.1) is 11.6 Å². The normalized spacial score (nSPS) is 12.7. The molecule has 0 aliphatic rings. The summed E-state index contributed by atoms with van der Waals surface area (Å²) in [6.45, 7) is 4.38. The lowest BCUT2D eigenvalue weighted by Crippen LogP contribution is -1.99. The second-order valence-electron chi connectivity index (χ2n) is 5.37. The van der Waals surface area contributed by atoms with Crippen molar-refractivity contribution in [3.05, 3.63) is 69.4 Å². The van der Waals surface area contributed by atoms with Crippen LogP contribution in [-0.2, 0) is 6.42 Å². The zero-order valence-corrected chi connectivity index (χ0v) is 13.9. The number of rotatable bonds is 4. The average molecular weight is 356 g/mol. The quantitative estimate of drug-likeness (QED) is 0.580. The largest absolute Gasteiger partial charge is 0.207 e. The van der Waals surface area contributed by atoms with Crippen LogP contribution in [0.4, 0.5) is 4.39 Å². The highest BCUT2D eigenvalue weighted by molar-refractivity contribution is 9.10. The minimum absolute atomic E-state index is 0.278. The summed E-state index contributed by atoms with van der Waals surface area (Å²) in [5.74, 6) is 0.342. The molecule has 0 aromatic heterocycles. The highest BCUT2D eigenvalue weighted by Gasteiger charge is 2.15. The summed E-state index contributed by atoms with van der Waals surface area (Å²) in [6.07, 6.45) is 1.04. The van der Waals surface area contributed by atoms with E-state index in [2.05, 4.69) is 41.9 Å². The lowest BCUT2D eigenvalue weighted by Gasteiger charge is -2.13. The Hall–Kier alpha value is -0.860. The van der Waals surface area contributed by atoms with E-state index in [4.69, 9.17) is 11.6 Å². The fraction of sp³-hybridized carbons (Fsp3) is 0.294. The van der Waals surface area contributed by atoms with E-state index in [0.717, 1.165) is 16.5 Å². The first-order valence-electron chi connectivity index (χ1n) is 6.65. The number of hydrogen-bond donors (Lipinski definition) is 0. The molecule has 3 heteroatoms. The molecule has 0 nitrogen and oxygen atoms in total. The molecule has 2 rings (SSSR count). The molecular weight excluding hydrogens is 339 g/mol. The molecule has 0 aliphatic carbocycles. The lowest BCUT2D eigenvalue weighted by atomic mass is 9.99. The van der Waals surface area contributed by atoms with Crippen LogP contribution in [0.15, 0.2) is 46.9 Å². The molecule has 0 heterocycles. The lowest BCUT2D eigenvalue weighted by molar-refractivity contribution is 0.612. The fourth-order valence-electron chi connectivity index (χ4n) is 2.18. The second-order valence-corrected chi connectivity index (χ2v) is 6.72. The monoisotopic (exact) mass is 354 g/mol. The second kappa shape index (κ2) is 6.73. The van der Waals surface area contributed by atoms with E-state index in [0.29, 0.717) is 11.5 Å². The van der Waals surface area contributed by atoms with Crippen molar-refractivity contribution in [1.82, 2.24) is 0 Å². The van der Waals surface area contributed by atoms with E-state index in [9.17, 15) is 4.39 Å². The van der Waals surface area contributed by atoms with Gasteiger partial charge in [0, 0.05) is 10.0 Å². The molecule has 0 bridgehead atoms.